The summed E-state index contributed by atoms with van der Waals surface area (Å²) in [5.41, 5.74) is 5.36. The molecule has 1 aliphatic carbocycles. The molecule has 1 saturated carbocycles. The molecule has 4 heteroatoms. The fourth-order valence-electron chi connectivity index (χ4n) is 1.17. The van der Waals surface area contributed by atoms with Crippen LogP contribution in [-0.2, 0) is 12.8 Å². The first kappa shape index (κ1) is 7.73. The largest absolute Gasteiger partial charge is 0.339 e. The maximum atomic E-state index is 5.36. The summed E-state index contributed by atoms with van der Waals surface area (Å²) in [6.07, 6.45) is 4.30. The minimum absolute atomic E-state index is 0.586. The highest BCUT2D eigenvalue weighted by molar-refractivity contribution is 4.91. The highest BCUT2D eigenvalue weighted by Gasteiger charge is 2.24. The zero-order chi connectivity index (χ0) is 8.39. The van der Waals surface area contributed by atoms with Gasteiger partial charge in [0.05, 0.1) is 0 Å². The molecule has 1 aromatic heterocycles. The Morgan fingerprint density at radius 2 is 2.33 bits per heavy atom. The second-order valence-corrected chi connectivity index (χ2v) is 3.29. The molecule has 0 unspecified atom stereocenters. The van der Waals surface area contributed by atoms with Crippen molar-refractivity contribution in [2.45, 2.75) is 25.7 Å². The Kier molecular flexibility index (Phi) is 2.08. The van der Waals surface area contributed by atoms with Gasteiger partial charge in [0.2, 0.25) is 5.89 Å². The number of hydrogen-bond donors (Lipinski definition) is 1. The summed E-state index contributed by atoms with van der Waals surface area (Å²) in [7, 11) is 0. The van der Waals surface area contributed by atoms with Gasteiger partial charge in [-0.3, -0.25) is 0 Å². The molecular formula is C8H13N3O. The second-order valence-electron chi connectivity index (χ2n) is 3.29. The number of nitrogens with two attached hydrogens (primary N) is 1. The lowest BCUT2D eigenvalue weighted by atomic mass is 10.3. The van der Waals surface area contributed by atoms with Crippen molar-refractivity contribution >= 4 is 0 Å². The predicted molar refractivity (Wildman–Crippen MR) is 43.5 cm³/mol. The van der Waals surface area contributed by atoms with Crippen LogP contribution in [0.15, 0.2) is 4.52 Å². The highest BCUT2D eigenvalue weighted by Crippen LogP contribution is 2.31. The van der Waals surface area contributed by atoms with Gasteiger partial charge in [-0.1, -0.05) is 5.16 Å². The molecular weight excluding hydrogens is 154 g/mol. The molecule has 0 bridgehead atoms. The summed E-state index contributed by atoms with van der Waals surface area (Å²) < 4.78 is 5.05. The molecule has 0 amide bonds. The van der Waals surface area contributed by atoms with E-state index in [2.05, 4.69) is 10.1 Å². The number of nitrogens with zero attached hydrogens (tertiary/aromatic N) is 2. The Morgan fingerprint density at radius 3 is 3.00 bits per heavy atom. The minimum atomic E-state index is 0.586. The molecule has 0 atom stereocenters. The van der Waals surface area contributed by atoms with Crippen LogP contribution >= 0.6 is 0 Å². The van der Waals surface area contributed by atoms with Gasteiger partial charge < -0.3 is 10.3 Å². The van der Waals surface area contributed by atoms with Crippen LogP contribution in [0.3, 0.4) is 0 Å². The Balaban J connectivity index is 1.92. The van der Waals surface area contributed by atoms with Crippen molar-refractivity contribution in [2.24, 2.45) is 11.7 Å². The van der Waals surface area contributed by atoms with Crippen LogP contribution in [0.4, 0.5) is 0 Å². The molecule has 2 rings (SSSR count). The van der Waals surface area contributed by atoms with E-state index in [1.807, 2.05) is 0 Å². The number of hydrogen-bond acceptors (Lipinski definition) is 4. The van der Waals surface area contributed by atoms with Crippen LogP contribution < -0.4 is 5.73 Å². The van der Waals surface area contributed by atoms with Crippen molar-refractivity contribution < 1.29 is 4.52 Å². The average molecular weight is 167 g/mol. The summed E-state index contributed by atoms with van der Waals surface area (Å²) in [6, 6.07) is 0. The molecule has 1 fully saturated rings. The molecule has 1 aromatic rings. The fourth-order valence-corrected chi connectivity index (χ4v) is 1.17. The Morgan fingerprint density at radius 1 is 1.50 bits per heavy atom. The van der Waals surface area contributed by atoms with Gasteiger partial charge >= 0.3 is 0 Å². The fraction of sp³-hybridized carbons (Fsp3) is 0.750. The topological polar surface area (TPSA) is 64.9 Å². The lowest BCUT2D eigenvalue weighted by Crippen LogP contribution is -2.04. The van der Waals surface area contributed by atoms with Gasteiger partial charge in [-0.05, 0) is 25.3 Å². The summed E-state index contributed by atoms with van der Waals surface area (Å²) in [5, 5.41) is 3.82. The Hall–Kier alpha value is -0.900. The van der Waals surface area contributed by atoms with Crippen molar-refractivity contribution in [1.82, 2.24) is 10.1 Å². The van der Waals surface area contributed by atoms with Gasteiger partial charge in [0.1, 0.15) is 0 Å². The third-order valence-corrected chi connectivity index (χ3v) is 2.04. The molecule has 1 aliphatic rings. The monoisotopic (exact) mass is 167 g/mol. The molecule has 2 N–H and O–H groups in total. The molecule has 0 aromatic carbocycles. The van der Waals surface area contributed by atoms with Crippen molar-refractivity contribution in [1.29, 1.82) is 0 Å². The smallest absolute Gasteiger partial charge is 0.226 e. The van der Waals surface area contributed by atoms with E-state index in [1.54, 1.807) is 0 Å². The lowest BCUT2D eigenvalue weighted by molar-refractivity contribution is 0.368. The van der Waals surface area contributed by atoms with Crippen LogP contribution in [0.25, 0.3) is 0 Å². The van der Waals surface area contributed by atoms with E-state index in [1.165, 1.54) is 12.8 Å². The molecule has 66 valence electrons. The minimum Gasteiger partial charge on any atom is -0.339 e. The predicted octanol–water partition coefficient (Wildman–Crippen LogP) is 0.523. The van der Waals surface area contributed by atoms with Gasteiger partial charge in [0, 0.05) is 12.8 Å². The van der Waals surface area contributed by atoms with Crippen LogP contribution in [0.1, 0.15) is 24.6 Å². The maximum Gasteiger partial charge on any atom is 0.226 e. The third-order valence-electron chi connectivity index (χ3n) is 2.04. The lowest BCUT2D eigenvalue weighted by Gasteiger charge is -1.86. The first-order valence-corrected chi connectivity index (χ1v) is 4.40. The molecule has 0 radical (unpaired) electrons. The van der Waals surface area contributed by atoms with Crippen LogP contribution in [0, 0.1) is 5.92 Å². The quantitative estimate of drug-likeness (QED) is 0.710. The van der Waals surface area contributed by atoms with E-state index in [4.69, 9.17) is 10.3 Å². The standard InChI is InChI=1S/C8H13N3O/c9-4-3-7-10-8(12-11-7)5-6-1-2-6/h6H,1-5,9H2. The van der Waals surface area contributed by atoms with Gasteiger partial charge in [0.15, 0.2) is 5.82 Å². The van der Waals surface area contributed by atoms with E-state index >= 15 is 0 Å². The van der Waals surface area contributed by atoms with Gasteiger partial charge in [-0.2, -0.15) is 4.98 Å². The normalized spacial score (nSPS) is 16.8. The van der Waals surface area contributed by atoms with Crippen molar-refractivity contribution in [3.8, 4) is 0 Å². The Labute approximate surface area is 71.1 Å². The van der Waals surface area contributed by atoms with Crippen molar-refractivity contribution in [3.63, 3.8) is 0 Å². The summed E-state index contributed by atoms with van der Waals surface area (Å²) in [5.74, 6) is 2.32. The first-order chi connectivity index (χ1) is 5.88. The van der Waals surface area contributed by atoms with Crippen LogP contribution in [0.5, 0.6) is 0 Å². The van der Waals surface area contributed by atoms with E-state index in [0.29, 0.717) is 13.0 Å². The van der Waals surface area contributed by atoms with Crippen LogP contribution in [0.2, 0.25) is 0 Å². The summed E-state index contributed by atoms with van der Waals surface area (Å²) >= 11 is 0. The summed E-state index contributed by atoms with van der Waals surface area (Å²) in [4.78, 5) is 4.22. The maximum absolute atomic E-state index is 5.36. The van der Waals surface area contributed by atoms with Crippen molar-refractivity contribution in [2.75, 3.05) is 6.54 Å². The van der Waals surface area contributed by atoms with E-state index in [0.717, 1.165) is 24.1 Å². The van der Waals surface area contributed by atoms with E-state index in [-0.39, 0.29) is 0 Å². The van der Waals surface area contributed by atoms with E-state index in [9.17, 15) is 0 Å². The van der Waals surface area contributed by atoms with Gasteiger partial charge in [-0.15, -0.1) is 0 Å². The highest BCUT2D eigenvalue weighted by atomic mass is 16.5. The summed E-state index contributed by atoms with van der Waals surface area (Å²) in [6.45, 7) is 0.586. The molecule has 12 heavy (non-hydrogen) atoms. The Bertz CT molecular complexity index is 255. The third kappa shape index (κ3) is 1.82. The van der Waals surface area contributed by atoms with Gasteiger partial charge in [0.25, 0.3) is 0 Å². The molecule has 0 aliphatic heterocycles. The van der Waals surface area contributed by atoms with Crippen molar-refractivity contribution in [3.05, 3.63) is 11.7 Å². The number of aromatic nitrogens is 2. The molecule has 0 saturated heterocycles. The first-order valence-electron chi connectivity index (χ1n) is 4.40. The average Bonchev–Trinajstić information content (AvgIpc) is 2.74. The zero-order valence-corrected chi connectivity index (χ0v) is 6.99. The molecule has 4 nitrogen and oxygen atoms in total. The van der Waals surface area contributed by atoms with Crippen LogP contribution in [-0.4, -0.2) is 16.7 Å². The van der Waals surface area contributed by atoms with Gasteiger partial charge in [-0.25, -0.2) is 0 Å². The second kappa shape index (κ2) is 3.23. The molecule has 1 heterocycles. The molecule has 0 spiro atoms. The van der Waals surface area contributed by atoms with E-state index < -0.39 is 0 Å². The number of rotatable bonds is 4. The zero-order valence-electron chi connectivity index (χ0n) is 6.99. The SMILES string of the molecule is NCCc1noc(CC2CC2)n1.